The predicted octanol–water partition coefficient (Wildman–Crippen LogP) is 2.28. The van der Waals surface area contributed by atoms with Gasteiger partial charge in [0.1, 0.15) is 5.82 Å². The van der Waals surface area contributed by atoms with Gasteiger partial charge in [-0.05, 0) is 36.2 Å². The lowest BCUT2D eigenvalue weighted by atomic mass is 10.1. The average Bonchev–Trinajstić information content (AvgIpc) is 2.84. The Morgan fingerprint density at radius 3 is 2.95 bits per heavy atom. The summed E-state index contributed by atoms with van der Waals surface area (Å²) in [6.45, 7) is 1.32. The molecule has 0 aliphatic carbocycles. The fourth-order valence-corrected chi connectivity index (χ4v) is 2.68. The van der Waals surface area contributed by atoms with Gasteiger partial charge >= 0.3 is 0 Å². The van der Waals surface area contributed by atoms with Crippen molar-refractivity contribution in [2.24, 2.45) is 5.73 Å². The second-order valence-corrected chi connectivity index (χ2v) is 4.72. The molecule has 0 fully saturated rings. The number of hydrogen-bond acceptors (Lipinski definition) is 3. The summed E-state index contributed by atoms with van der Waals surface area (Å²) in [7, 11) is 0. The van der Waals surface area contributed by atoms with E-state index in [9.17, 15) is 4.39 Å². The number of anilines is 1. The molecule has 3 nitrogen and oxygen atoms in total. The largest absolute Gasteiger partial charge is 0.361 e. The predicted molar refractivity (Wildman–Crippen MR) is 73.5 cm³/mol. The summed E-state index contributed by atoms with van der Waals surface area (Å²) >= 11 is 0. The molecule has 19 heavy (non-hydrogen) atoms. The first kappa shape index (κ1) is 12.1. The molecule has 0 bridgehead atoms. The van der Waals surface area contributed by atoms with Crippen molar-refractivity contribution < 1.29 is 4.39 Å². The van der Waals surface area contributed by atoms with Gasteiger partial charge in [-0.3, -0.25) is 4.98 Å². The molecule has 0 spiro atoms. The summed E-state index contributed by atoms with van der Waals surface area (Å²) in [6.07, 6.45) is 2.69. The Balaban J connectivity index is 1.97. The van der Waals surface area contributed by atoms with Crippen LogP contribution in [0.3, 0.4) is 0 Å². The van der Waals surface area contributed by atoms with Gasteiger partial charge in [0.25, 0.3) is 0 Å². The van der Waals surface area contributed by atoms with Crippen molar-refractivity contribution in [3.63, 3.8) is 0 Å². The lowest BCUT2D eigenvalue weighted by Crippen LogP contribution is -2.33. The molecular weight excluding hydrogens is 241 g/mol. The first-order chi connectivity index (χ1) is 9.29. The maximum absolute atomic E-state index is 13.4. The first-order valence-electron chi connectivity index (χ1n) is 6.45. The molecule has 1 aromatic carbocycles. The molecule has 1 unspecified atom stereocenters. The van der Waals surface area contributed by atoms with E-state index in [1.807, 2.05) is 24.3 Å². The second-order valence-electron chi connectivity index (χ2n) is 4.72. The summed E-state index contributed by atoms with van der Waals surface area (Å²) in [6, 6.07) is 10.8. The van der Waals surface area contributed by atoms with Crippen molar-refractivity contribution in [1.29, 1.82) is 0 Å². The van der Waals surface area contributed by atoms with Crippen LogP contribution in [0.4, 0.5) is 10.1 Å². The van der Waals surface area contributed by atoms with Crippen LogP contribution in [0.2, 0.25) is 0 Å². The normalized spacial score (nSPS) is 15.4. The number of nitrogens with two attached hydrogens (primary N) is 1. The molecule has 1 aliphatic rings. The van der Waals surface area contributed by atoms with E-state index >= 15 is 0 Å². The molecule has 2 N–H and O–H groups in total. The summed E-state index contributed by atoms with van der Waals surface area (Å²) in [5.41, 5.74) is 8.96. The maximum atomic E-state index is 13.4. The Morgan fingerprint density at radius 2 is 2.21 bits per heavy atom. The molecule has 0 saturated heterocycles. The van der Waals surface area contributed by atoms with Crippen molar-refractivity contribution in [1.82, 2.24) is 4.98 Å². The highest BCUT2D eigenvalue weighted by Gasteiger charge is 2.27. The fourth-order valence-electron chi connectivity index (χ4n) is 2.68. The van der Waals surface area contributed by atoms with Crippen molar-refractivity contribution in [2.75, 3.05) is 18.0 Å². The second kappa shape index (κ2) is 4.97. The van der Waals surface area contributed by atoms with Crippen LogP contribution in [0.15, 0.2) is 42.6 Å². The van der Waals surface area contributed by atoms with Crippen LogP contribution in [0.25, 0.3) is 0 Å². The zero-order valence-corrected chi connectivity index (χ0v) is 10.6. The summed E-state index contributed by atoms with van der Waals surface area (Å²) in [4.78, 5) is 6.53. The summed E-state index contributed by atoms with van der Waals surface area (Å²) in [5.74, 6) is -0.206. The standard InChI is InChI=1S/C15H16FN3/c16-12-5-4-11-6-8-19(14(11)9-12)15(10-17)13-3-1-2-7-18-13/h1-5,7,9,15H,6,8,10,17H2. The van der Waals surface area contributed by atoms with Gasteiger partial charge in [-0.25, -0.2) is 4.39 Å². The SMILES string of the molecule is NCC(c1ccccn1)N1CCc2ccc(F)cc21. The quantitative estimate of drug-likeness (QED) is 0.917. The monoisotopic (exact) mass is 257 g/mol. The Bertz CT molecular complexity index is 571. The van der Waals surface area contributed by atoms with Crippen molar-refractivity contribution in [2.45, 2.75) is 12.5 Å². The molecule has 0 radical (unpaired) electrons. The van der Waals surface area contributed by atoms with Crippen LogP contribution in [0.5, 0.6) is 0 Å². The Kier molecular flexibility index (Phi) is 3.17. The third-order valence-corrected chi connectivity index (χ3v) is 3.61. The van der Waals surface area contributed by atoms with Gasteiger partial charge in [-0.1, -0.05) is 12.1 Å². The molecule has 1 aromatic heterocycles. The van der Waals surface area contributed by atoms with Gasteiger partial charge in [0.15, 0.2) is 0 Å². The lowest BCUT2D eigenvalue weighted by Gasteiger charge is -2.29. The molecule has 0 saturated carbocycles. The number of hydrogen-bond donors (Lipinski definition) is 1. The zero-order valence-electron chi connectivity index (χ0n) is 10.6. The highest BCUT2D eigenvalue weighted by atomic mass is 19.1. The molecule has 3 rings (SSSR count). The molecule has 0 amide bonds. The molecule has 2 heterocycles. The molecule has 2 aromatic rings. The van der Waals surface area contributed by atoms with Crippen LogP contribution in [-0.2, 0) is 6.42 Å². The van der Waals surface area contributed by atoms with E-state index in [1.54, 1.807) is 12.3 Å². The van der Waals surface area contributed by atoms with E-state index < -0.39 is 0 Å². The van der Waals surface area contributed by atoms with E-state index in [1.165, 1.54) is 11.6 Å². The third-order valence-electron chi connectivity index (χ3n) is 3.61. The topological polar surface area (TPSA) is 42.1 Å². The molecule has 4 heteroatoms. The number of halogens is 1. The highest BCUT2D eigenvalue weighted by Crippen LogP contribution is 2.34. The van der Waals surface area contributed by atoms with Crippen molar-refractivity contribution >= 4 is 5.69 Å². The Labute approximate surface area is 111 Å². The molecule has 1 atom stereocenters. The van der Waals surface area contributed by atoms with Gasteiger partial charge in [0.05, 0.1) is 11.7 Å². The van der Waals surface area contributed by atoms with E-state index in [4.69, 9.17) is 5.73 Å². The lowest BCUT2D eigenvalue weighted by molar-refractivity contribution is 0.616. The van der Waals surface area contributed by atoms with Crippen molar-refractivity contribution in [3.05, 3.63) is 59.7 Å². The minimum atomic E-state index is -0.206. The number of aromatic nitrogens is 1. The molecule has 98 valence electrons. The Morgan fingerprint density at radius 1 is 1.32 bits per heavy atom. The molecule has 1 aliphatic heterocycles. The zero-order chi connectivity index (χ0) is 13.2. The minimum Gasteiger partial charge on any atom is -0.361 e. The molecular formula is C15H16FN3. The van der Waals surface area contributed by atoms with E-state index in [2.05, 4.69) is 9.88 Å². The Hall–Kier alpha value is -1.94. The van der Waals surface area contributed by atoms with Crippen LogP contribution >= 0.6 is 0 Å². The number of pyridine rings is 1. The van der Waals surface area contributed by atoms with Crippen LogP contribution < -0.4 is 10.6 Å². The first-order valence-corrected chi connectivity index (χ1v) is 6.45. The third kappa shape index (κ3) is 2.19. The number of nitrogens with zero attached hydrogens (tertiary/aromatic N) is 2. The van der Waals surface area contributed by atoms with Crippen LogP contribution in [-0.4, -0.2) is 18.1 Å². The smallest absolute Gasteiger partial charge is 0.125 e. The fraction of sp³-hybridized carbons (Fsp3) is 0.267. The van der Waals surface area contributed by atoms with Gasteiger partial charge < -0.3 is 10.6 Å². The maximum Gasteiger partial charge on any atom is 0.125 e. The van der Waals surface area contributed by atoms with E-state index in [0.29, 0.717) is 6.54 Å². The van der Waals surface area contributed by atoms with Gasteiger partial charge in [-0.15, -0.1) is 0 Å². The van der Waals surface area contributed by atoms with Gasteiger partial charge in [-0.2, -0.15) is 0 Å². The summed E-state index contributed by atoms with van der Waals surface area (Å²) < 4.78 is 13.4. The summed E-state index contributed by atoms with van der Waals surface area (Å²) in [5, 5.41) is 0. The highest BCUT2D eigenvalue weighted by molar-refractivity contribution is 5.59. The number of rotatable bonds is 3. The van der Waals surface area contributed by atoms with E-state index in [0.717, 1.165) is 24.3 Å². The minimum absolute atomic E-state index is 0.00394. The number of benzene rings is 1. The van der Waals surface area contributed by atoms with Gasteiger partial charge in [0.2, 0.25) is 0 Å². The van der Waals surface area contributed by atoms with E-state index in [-0.39, 0.29) is 11.9 Å². The van der Waals surface area contributed by atoms with Crippen molar-refractivity contribution in [3.8, 4) is 0 Å². The van der Waals surface area contributed by atoms with Crippen LogP contribution in [0.1, 0.15) is 17.3 Å². The van der Waals surface area contributed by atoms with Gasteiger partial charge in [0, 0.05) is 25.0 Å². The average molecular weight is 257 g/mol. The number of fused-ring (bicyclic) bond motifs is 1. The van der Waals surface area contributed by atoms with Crippen LogP contribution in [0, 0.1) is 5.82 Å².